The molecular weight excluding hydrogens is 358 g/mol. The van der Waals surface area contributed by atoms with Gasteiger partial charge in [0.2, 0.25) is 5.91 Å². The van der Waals surface area contributed by atoms with Crippen molar-refractivity contribution in [1.29, 1.82) is 0 Å². The summed E-state index contributed by atoms with van der Waals surface area (Å²) in [5, 5.41) is 3.47. The Bertz CT molecular complexity index is 675. The van der Waals surface area contributed by atoms with Crippen molar-refractivity contribution in [2.75, 3.05) is 39.3 Å². The lowest BCUT2D eigenvalue weighted by molar-refractivity contribution is -0.146. The normalized spacial score (nSPS) is 35.6. The van der Waals surface area contributed by atoms with Crippen LogP contribution in [0.2, 0.25) is 0 Å². The summed E-state index contributed by atoms with van der Waals surface area (Å²) in [6.45, 7) is 8.55. The molecule has 4 nitrogen and oxygen atoms in total. The summed E-state index contributed by atoms with van der Waals surface area (Å²) in [7, 11) is 0. The molecule has 1 aliphatic heterocycles. The molecule has 1 N–H and O–H groups in total. The maximum absolute atomic E-state index is 13.5. The predicted molar refractivity (Wildman–Crippen MR) is 116 cm³/mol. The number of carbonyl (C=O) groups is 1. The summed E-state index contributed by atoms with van der Waals surface area (Å²) in [5.74, 6) is 2.82. The maximum Gasteiger partial charge on any atom is 0.226 e. The van der Waals surface area contributed by atoms with Gasteiger partial charge < -0.3 is 10.2 Å². The number of piperazine rings is 1. The van der Waals surface area contributed by atoms with Crippen LogP contribution in [0.5, 0.6) is 0 Å². The highest BCUT2D eigenvalue weighted by atomic mass is 16.2. The van der Waals surface area contributed by atoms with Crippen LogP contribution in [0.1, 0.15) is 57.1 Å². The lowest BCUT2D eigenvalue weighted by Crippen LogP contribution is -2.55. The molecule has 158 valence electrons. The van der Waals surface area contributed by atoms with Crippen molar-refractivity contribution in [3.63, 3.8) is 0 Å². The van der Waals surface area contributed by atoms with Crippen molar-refractivity contribution in [2.45, 2.75) is 51.5 Å². The van der Waals surface area contributed by atoms with Gasteiger partial charge in [-0.1, -0.05) is 37.3 Å². The van der Waals surface area contributed by atoms with Gasteiger partial charge in [-0.3, -0.25) is 9.69 Å². The smallest absolute Gasteiger partial charge is 0.226 e. The van der Waals surface area contributed by atoms with E-state index in [1.807, 2.05) is 0 Å². The molecule has 0 radical (unpaired) electrons. The van der Waals surface area contributed by atoms with Gasteiger partial charge in [0, 0.05) is 38.1 Å². The fourth-order valence-electron chi connectivity index (χ4n) is 7.29. The van der Waals surface area contributed by atoms with E-state index in [1.165, 1.54) is 24.8 Å². The summed E-state index contributed by atoms with van der Waals surface area (Å²) >= 11 is 0. The first kappa shape index (κ1) is 19.6. The fourth-order valence-corrected chi connectivity index (χ4v) is 7.29. The zero-order valence-corrected chi connectivity index (χ0v) is 18.0. The standard InChI is InChI=1S/C25H37N3O/c1-2-27-8-10-28(11-9-27)23(22-6-4-3-5-7-22)18-26-24(29)25-15-19-12-20(16-25)14-21(13-19)17-25/h3-7,19-21,23H,2,8-18H2,1H3,(H,26,29). The average Bonchev–Trinajstić information content (AvgIpc) is 2.74. The molecule has 4 heteroatoms. The third-order valence-electron chi connectivity index (χ3n) is 8.46. The first-order valence-corrected chi connectivity index (χ1v) is 11.9. The van der Waals surface area contributed by atoms with Crippen LogP contribution in [-0.2, 0) is 4.79 Å². The summed E-state index contributed by atoms with van der Waals surface area (Å²) in [5.41, 5.74) is 1.29. The van der Waals surface area contributed by atoms with Crippen LogP contribution in [0.3, 0.4) is 0 Å². The molecule has 5 fully saturated rings. The molecule has 29 heavy (non-hydrogen) atoms. The number of rotatable bonds is 6. The number of likely N-dealkylation sites (N-methyl/N-ethyl adjacent to an activating group) is 1. The largest absolute Gasteiger partial charge is 0.354 e. The van der Waals surface area contributed by atoms with Crippen LogP contribution in [0.25, 0.3) is 0 Å². The highest BCUT2D eigenvalue weighted by molar-refractivity contribution is 5.83. The Kier molecular flexibility index (Phi) is 5.42. The van der Waals surface area contributed by atoms with E-state index in [2.05, 4.69) is 52.4 Å². The summed E-state index contributed by atoms with van der Waals surface area (Å²) in [4.78, 5) is 18.6. The molecule has 1 unspecified atom stereocenters. The van der Waals surface area contributed by atoms with Crippen molar-refractivity contribution >= 4 is 5.91 Å². The van der Waals surface area contributed by atoms with E-state index in [-0.39, 0.29) is 11.5 Å². The van der Waals surface area contributed by atoms with Gasteiger partial charge in [0.25, 0.3) is 0 Å². The Balaban J connectivity index is 1.28. The number of hydrogen-bond donors (Lipinski definition) is 1. The molecule has 6 rings (SSSR count). The Morgan fingerprint density at radius 3 is 2.14 bits per heavy atom. The third kappa shape index (κ3) is 3.86. The SMILES string of the molecule is CCN1CCN(C(CNC(=O)C23CC4CC(CC(C4)C2)C3)c2ccccc2)CC1. The third-order valence-corrected chi connectivity index (χ3v) is 8.46. The lowest BCUT2D eigenvalue weighted by atomic mass is 9.49. The number of carbonyl (C=O) groups excluding carboxylic acids is 1. The predicted octanol–water partition coefficient (Wildman–Crippen LogP) is 3.70. The Morgan fingerprint density at radius 1 is 1.00 bits per heavy atom. The lowest BCUT2D eigenvalue weighted by Gasteiger charge is -2.55. The molecular formula is C25H37N3O. The van der Waals surface area contributed by atoms with Gasteiger partial charge in [-0.15, -0.1) is 0 Å². The monoisotopic (exact) mass is 395 g/mol. The van der Waals surface area contributed by atoms with Gasteiger partial charge in [0.05, 0.1) is 6.04 Å². The number of hydrogen-bond acceptors (Lipinski definition) is 3. The van der Waals surface area contributed by atoms with E-state index in [4.69, 9.17) is 0 Å². The molecule has 0 spiro atoms. The van der Waals surface area contributed by atoms with Gasteiger partial charge in [-0.05, 0) is 68.4 Å². The van der Waals surface area contributed by atoms with Crippen LogP contribution in [0.15, 0.2) is 30.3 Å². The minimum atomic E-state index is -0.0447. The zero-order chi connectivity index (χ0) is 19.8. The van der Waals surface area contributed by atoms with Gasteiger partial charge in [0.15, 0.2) is 0 Å². The van der Waals surface area contributed by atoms with Crippen molar-refractivity contribution in [2.24, 2.45) is 23.2 Å². The number of nitrogens with one attached hydrogen (secondary N) is 1. The van der Waals surface area contributed by atoms with Crippen molar-refractivity contribution in [3.8, 4) is 0 Å². The van der Waals surface area contributed by atoms with Crippen LogP contribution in [0.4, 0.5) is 0 Å². The molecule has 1 atom stereocenters. The molecule has 5 aliphatic rings. The van der Waals surface area contributed by atoms with E-state index >= 15 is 0 Å². The zero-order valence-electron chi connectivity index (χ0n) is 18.0. The highest BCUT2D eigenvalue weighted by Gasteiger charge is 2.54. The average molecular weight is 396 g/mol. The van der Waals surface area contributed by atoms with Crippen LogP contribution >= 0.6 is 0 Å². The van der Waals surface area contributed by atoms with Gasteiger partial charge in [-0.25, -0.2) is 0 Å². The molecule has 4 bridgehead atoms. The second-order valence-electron chi connectivity index (χ2n) is 10.3. The molecule has 1 aromatic carbocycles. The Morgan fingerprint density at radius 2 is 1.59 bits per heavy atom. The molecule has 1 aromatic rings. The molecule has 0 aromatic heterocycles. The van der Waals surface area contributed by atoms with Crippen molar-refractivity contribution < 1.29 is 4.79 Å². The second-order valence-corrected chi connectivity index (χ2v) is 10.3. The number of nitrogens with zero attached hydrogens (tertiary/aromatic N) is 2. The summed E-state index contributed by atoms with van der Waals surface area (Å²) in [6.07, 6.45) is 7.62. The summed E-state index contributed by atoms with van der Waals surface area (Å²) < 4.78 is 0. The molecule has 4 saturated carbocycles. The molecule has 4 aliphatic carbocycles. The van der Waals surface area contributed by atoms with E-state index in [9.17, 15) is 4.79 Å². The molecule has 1 saturated heterocycles. The van der Waals surface area contributed by atoms with E-state index in [1.54, 1.807) is 0 Å². The Labute approximate surface area is 176 Å². The van der Waals surface area contributed by atoms with E-state index < -0.39 is 0 Å². The summed E-state index contributed by atoms with van der Waals surface area (Å²) in [6, 6.07) is 11.1. The second kappa shape index (κ2) is 8.03. The van der Waals surface area contributed by atoms with E-state index in [0.29, 0.717) is 5.91 Å². The minimum Gasteiger partial charge on any atom is -0.354 e. The highest BCUT2D eigenvalue weighted by Crippen LogP contribution is 2.60. The van der Waals surface area contributed by atoms with Crippen LogP contribution in [0, 0.1) is 23.2 Å². The topological polar surface area (TPSA) is 35.6 Å². The molecule has 1 amide bonds. The number of benzene rings is 1. The van der Waals surface area contributed by atoms with Gasteiger partial charge >= 0.3 is 0 Å². The quantitative estimate of drug-likeness (QED) is 0.798. The van der Waals surface area contributed by atoms with Crippen molar-refractivity contribution in [1.82, 2.24) is 15.1 Å². The maximum atomic E-state index is 13.5. The van der Waals surface area contributed by atoms with Crippen molar-refractivity contribution in [3.05, 3.63) is 35.9 Å². The fraction of sp³-hybridized carbons (Fsp3) is 0.720. The van der Waals surface area contributed by atoms with Crippen LogP contribution in [-0.4, -0.2) is 55.0 Å². The first-order valence-electron chi connectivity index (χ1n) is 11.9. The first-order chi connectivity index (χ1) is 14.1. The minimum absolute atomic E-state index is 0.0447. The van der Waals surface area contributed by atoms with Gasteiger partial charge in [0.1, 0.15) is 0 Å². The Hall–Kier alpha value is -1.39. The van der Waals surface area contributed by atoms with E-state index in [0.717, 1.165) is 76.3 Å². The van der Waals surface area contributed by atoms with Crippen LogP contribution < -0.4 is 5.32 Å². The number of amides is 1. The molecule has 1 heterocycles. The van der Waals surface area contributed by atoms with Gasteiger partial charge in [-0.2, -0.15) is 0 Å².